The monoisotopic (exact) mass is 426 g/mol. The number of hydrogen-bond acceptors (Lipinski definition) is 4. The number of hydrogen-bond donors (Lipinski definition) is 1. The van der Waals surface area contributed by atoms with Crippen LogP contribution in [-0.2, 0) is 14.3 Å². The molecular formula is C24H42O4S. The van der Waals surface area contributed by atoms with Gasteiger partial charge in [-0.25, -0.2) is 0 Å². The number of aliphatic hydroxyl groups excluding tert-OH is 1. The maximum Gasteiger partial charge on any atom is 0.297 e. The van der Waals surface area contributed by atoms with Crippen LogP contribution in [0.2, 0.25) is 0 Å². The van der Waals surface area contributed by atoms with Crippen LogP contribution in [0.5, 0.6) is 0 Å². The quantitative estimate of drug-likeness (QED) is 0.229. The van der Waals surface area contributed by atoms with Crippen molar-refractivity contribution in [1.29, 1.82) is 0 Å². The van der Waals surface area contributed by atoms with Crippen LogP contribution in [0.1, 0.15) is 97.8 Å². The van der Waals surface area contributed by atoms with E-state index in [2.05, 4.69) is 6.92 Å². The van der Waals surface area contributed by atoms with Crippen LogP contribution in [0.4, 0.5) is 0 Å². The van der Waals surface area contributed by atoms with Gasteiger partial charge in [-0.3, -0.25) is 4.18 Å². The molecule has 0 aliphatic carbocycles. The van der Waals surface area contributed by atoms with Crippen molar-refractivity contribution in [1.82, 2.24) is 0 Å². The van der Waals surface area contributed by atoms with E-state index in [1.54, 1.807) is 30.3 Å². The molecule has 168 valence electrons. The fourth-order valence-corrected chi connectivity index (χ4v) is 4.92. The van der Waals surface area contributed by atoms with E-state index in [-0.39, 0.29) is 16.9 Å². The second kappa shape index (κ2) is 15.0. The minimum Gasteiger partial charge on any atom is -0.393 e. The number of rotatable bonds is 17. The van der Waals surface area contributed by atoms with Gasteiger partial charge < -0.3 is 5.11 Å². The second-order valence-electron chi connectivity index (χ2n) is 8.27. The molecule has 0 aliphatic heterocycles. The van der Waals surface area contributed by atoms with Gasteiger partial charge in [-0.05, 0) is 44.2 Å². The summed E-state index contributed by atoms with van der Waals surface area (Å²) >= 11 is 0. The Morgan fingerprint density at radius 2 is 1.45 bits per heavy atom. The van der Waals surface area contributed by atoms with Gasteiger partial charge in [-0.2, -0.15) is 8.42 Å². The van der Waals surface area contributed by atoms with Gasteiger partial charge in [0.2, 0.25) is 0 Å². The first-order valence-electron chi connectivity index (χ1n) is 11.6. The molecule has 0 bridgehead atoms. The summed E-state index contributed by atoms with van der Waals surface area (Å²) in [5, 5.41) is 10.2. The Bertz CT molecular complexity index is 613. The summed E-state index contributed by atoms with van der Waals surface area (Å²) in [7, 11) is -3.77. The Morgan fingerprint density at radius 1 is 0.862 bits per heavy atom. The molecule has 0 heterocycles. The summed E-state index contributed by atoms with van der Waals surface area (Å²) in [6.07, 6.45) is 12.2. The molecule has 0 amide bonds. The fraction of sp³-hybridized carbons (Fsp3) is 0.750. The van der Waals surface area contributed by atoms with E-state index >= 15 is 0 Å². The molecule has 0 aromatic heterocycles. The third kappa shape index (κ3) is 11.2. The van der Waals surface area contributed by atoms with E-state index in [9.17, 15) is 13.5 Å². The van der Waals surface area contributed by atoms with E-state index in [4.69, 9.17) is 4.18 Å². The molecule has 3 unspecified atom stereocenters. The van der Waals surface area contributed by atoms with Crippen LogP contribution in [0.25, 0.3) is 0 Å². The van der Waals surface area contributed by atoms with Crippen molar-refractivity contribution >= 4 is 10.1 Å². The van der Waals surface area contributed by atoms with Gasteiger partial charge in [-0.15, -0.1) is 0 Å². The average Bonchev–Trinajstić information content (AvgIpc) is 2.69. The van der Waals surface area contributed by atoms with Gasteiger partial charge in [0.05, 0.1) is 17.1 Å². The van der Waals surface area contributed by atoms with Crippen LogP contribution in [0.3, 0.4) is 0 Å². The normalized spacial score (nSPS) is 15.2. The van der Waals surface area contributed by atoms with E-state index in [0.717, 1.165) is 19.3 Å². The summed E-state index contributed by atoms with van der Waals surface area (Å²) in [5.74, 6) is 0.0672. The second-order valence-corrected chi connectivity index (χ2v) is 9.85. The first-order chi connectivity index (χ1) is 13.9. The summed E-state index contributed by atoms with van der Waals surface area (Å²) < 4.78 is 30.8. The van der Waals surface area contributed by atoms with Crippen LogP contribution in [0, 0.1) is 5.92 Å². The number of benzene rings is 1. The summed E-state index contributed by atoms with van der Waals surface area (Å²) in [6.45, 7) is 6.07. The molecule has 0 saturated heterocycles. The highest BCUT2D eigenvalue weighted by atomic mass is 32.2. The number of aliphatic hydroxyl groups is 1. The predicted molar refractivity (Wildman–Crippen MR) is 120 cm³/mol. The van der Waals surface area contributed by atoms with Crippen molar-refractivity contribution in [2.45, 2.75) is 115 Å². The highest BCUT2D eigenvalue weighted by molar-refractivity contribution is 7.86. The molecule has 0 saturated carbocycles. The molecule has 5 heteroatoms. The summed E-state index contributed by atoms with van der Waals surface area (Å²) in [6, 6.07) is 8.31. The fourth-order valence-electron chi connectivity index (χ4n) is 3.78. The lowest BCUT2D eigenvalue weighted by Crippen LogP contribution is -2.27. The lowest BCUT2D eigenvalue weighted by molar-refractivity contribution is 0.0745. The van der Waals surface area contributed by atoms with Gasteiger partial charge in [0.1, 0.15) is 0 Å². The molecule has 1 aromatic rings. The smallest absolute Gasteiger partial charge is 0.297 e. The Hall–Kier alpha value is -0.910. The lowest BCUT2D eigenvalue weighted by atomic mass is 9.89. The first kappa shape index (κ1) is 26.1. The Kier molecular flexibility index (Phi) is 13.5. The van der Waals surface area contributed by atoms with Crippen LogP contribution >= 0.6 is 0 Å². The van der Waals surface area contributed by atoms with E-state index in [0.29, 0.717) is 12.8 Å². The van der Waals surface area contributed by atoms with Gasteiger partial charge >= 0.3 is 0 Å². The van der Waals surface area contributed by atoms with E-state index < -0.39 is 16.2 Å². The van der Waals surface area contributed by atoms with Crippen LogP contribution in [0.15, 0.2) is 35.2 Å². The van der Waals surface area contributed by atoms with Crippen molar-refractivity contribution in [2.24, 2.45) is 5.92 Å². The average molecular weight is 427 g/mol. The molecular weight excluding hydrogens is 384 g/mol. The van der Waals surface area contributed by atoms with Crippen molar-refractivity contribution in [2.75, 3.05) is 0 Å². The van der Waals surface area contributed by atoms with Crippen molar-refractivity contribution in [3.8, 4) is 0 Å². The topological polar surface area (TPSA) is 63.6 Å². The molecule has 0 spiro atoms. The van der Waals surface area contributed by atoms with Gasteiger partial charge in [0, 0.05) is 0 Å². The summed E-state index contributed by atoms with van der Waals surface area (Å²) in [4.78, 5) is 0.192. The molecule has 0 fully saturated rings. The molecule has 4 nitrogen and oxygen atoms in total. The zero-order valence-electron chi connectivity index (χ0n) is 18.7. The molecule has 29 heavy (non-hydrogen) atoms. The molecule has 0 radical (unpaired) electrons. The third-order valence-electron chi connectivity index (χ3n) is 5.58. The largest absolute Gasteiger partial charge is 0.393 e. The van der Waals surface area contributed by atoms with Crippen molar-refractivity contribution in [3.63, 3.8) is 0 Å². The SMILES string of the molecule is CCCCCCCCCCC(CC(CCC)OS(=O)(=O)c1ccccc1)C(C)O. The maximum atomic E-state index is 12.6. The zero-order chi connectivity index (χ0) is 21.5. The number of unbranched alkanes of at least 4 members (excludes halogenated alkanes) is 7. The van der Waals surface area contributed by atoms with Crippen LogP contribution in [-0.4, -0.2) is 25.7 Å². The highest BCUT2D eigenvalue weighted by Crippen LogP contribution is 2.26. The van der Waals surface area contributed by atoms with Crippen molar-refractivity contribution in [3.05, 3.63) is 30.3 Å². The molecule has 1 aromatic carbocycles. The van der Waals surface area contributed by atoms with Gasteiger partial charge in [0.25, 0.3) is 10.1 Å². The Labute approximate surface area is 179 Å². The predicted octanol–water partition coefficient (Wildman–Crippen LogP) is 6.48. The lowest BCUT2D eigenvalue weighted by Gasteiger charge is -2.25. The first-order valence-corrected chi connectivity index (χ1v) is 13.0. The minimum atomic E-state index is -3.77. The third-order valence-corrected chi connectivity index (χ3v) is 6.96. The zero-order valence-corrected chi connectivity index (χ0v) is 19.5. The molecule has 1 N–H and O–H groups in total. The molecule has 0 aliphatic rings. The maximum absolute atomic E-state index is 12.6. The van der Waals surface area contributed by atoms with E-state index in [1.165, 1.54) is 44.9 Å². The van der Waals surface area contributed by atoms with Crippen LogP contribution < -0.4 is 0 Å². The van der Waals surface area contributed by atoms with Gasteiger partial charge in [-0.1, -0.05) is 89.8 Å². The Morgan fingerprint density at radius 3 is 2.00 bits per heavy atom. The highest BCUT2D eigenvalue weighted by Gasteiger charge is 2.26. The molecule has 3 atom stereocenters. The van der Waals surface area contributed by atoms with E-state index in [1.807, 2.05) is 13.8 Å². The Balaban J connectivity index is 2.52. The standard InChI is InChI=1S/C24H42O4S/c1-4-6-7-8-9-10-11-13-17-22(21(3)25)20-23(16-5-2)28-29(26,27)24-18-14-12-15-19-24/h12,14-15,18-19,21-23,25H,4-11,13,16-17,20H2,1-3H3. The van der Waals surface area contributed by atoms with Crippen molar-refractivity contribution < 1.29 is 17.7 Å². The van der Waals surface area contributed by atoms with Gasteiger partial charge in [0.15, 0.2) is 0 Å². The molecule has 1 rings (SSSR count). The summed E-state index contributed by atoms with van der Waals surface area (Å²) in [5.41, 5.74) is 0. The minimum absolute atomic E-state index is 0.0672.